The van der Waals surface area contributed by atoms with Crippen LogP contribution in [0.3, 0.4) is 0 Å². The van der Waals surface area contributed by atoms with Crippen LogP contribution in [-0.4, -0.2) is 40.3 Å². The van der Waals surface area contributed by atoms with Crippen LogP contribution < -0.4 is 15.5 Å². The topological polar surface area (TPSA) is 99.3 Å². The van der Waals surface area contributed by atoms with Crippen LogP contribution in [0.1, 0.15) is 18.0 Å². The Labute approximate surface area is 155 Å². The van der Waals surface area contributed by atoms with Gasteiger partial charge in [0, 0.05) is 37.3 Å². The Hall–Kier alpha value is -2.68. The number of fused-ring (bicyclic) bond motifs is 4. The number of likely N-dealkylation sites (tertiary alicyclic amines) is 1. The molecule has 1 aromatic heterocycles. The van der Waals surface area contributed by atoms with Crippen LogP contribution in [0.25, 0.3) is 0 Å². The molecule has 27 heavy (non-hydrogen) atoms. The quantitative estimate of drug-likeness (QED) is 0.752. The lowest BCUT2D eigenvalue weighted by atomic mass is 9.83. The highest BCUT2D eigenvalue weighted by atomic mass is 16.8. The van der Waals surface area contributed by atoms with Gasteiger partial charge in [0.1, 0.15) is 5.75 Å². The lowest BCUT2D eigenvalue weighted by molar-refractivity contribution is -0.992. The summed E-state index contributed by atoms with van der Waals surface area (Å²) in [5.41, 5.74) is 0.146. The summed E-state index contributed by atoms with van der Waals surface area (Å²) in [7, 11) is 0. The first-order chi connectivity index (χ1) is 13.0. The van der Waals surface area contributed by atoms with Gasteiger partial charge in [-0.05, 0) is 30.5 Å². The Bertz CT molecular complexity index is 896. The van der Waals surface area contributed by atoms with E-state index in [4.69, 9.17) is 9.94 Å². The van der Waals surface area contributed by atoms with Gasteiger partial charge in [-0.15, -0.1) is 0 Å². The Balaban J connectivity index is 1.49. The zero-order valence-electron chi connectivity index (χ0n) is 14.7. The molecule has 0 aliphatic carbocycles. The Morgan fingerprint density at radius 1 is 1.19 bits per heavy atom. The van der Waals surface area contributed by atoms with Crippen LogP contribution in [-0.2, 0) is 11.3 Å². The van der Waals surface area contributed by atoms with E-state index in [-0.39, 0.29) is 30.0 Å². The Kier molecular flexibility index (Phi) is 4.69. The van der Waals surface area contributed by atoms with Gasteiger partial charge in [0.15, 0.2) is 6.61 Å². The number of nitrogens with one attached hydrogen (secondary N) is 1. The zero-order valence-corrected chi connectivity index (χ0v) is 14.7. The van der Waals surface area contributed by atoms with E-state index in [2.05, 4.69) is 0 Å². The highest BCUT2D eigenvalue weighted by Gasteiger charge is 2.37. The van der Waals surface area contributed by atoms with Gasteiger partial charge in [-0.2, -0.15) is 5.23 Å². The minimum atomic E-state index is -1.21. The maximum Gasteiger partial charge on any atom is 0.315 e. The molecular formula is C19H21N3O5. The second kappa shape index (κ2) is 7.15. The SMILES string of the molecule is O=C(COc1ccccc1)N1C[C@@H]2C[C@H](C1)c1ccc([NH+]([O-])O)c(=O)n1C2. The first-order valence-electron chi connectivity index (χ1n) is 8.95. The number of hydrogen-bond donors (Lipinski definition) is 2. The number of ether oxygens (including phenoxy) is 1. The van der Waals surface area contributed by atoms with Crippen molar-refractivity contribution in [2.45, 2.75) is 18.9 Å². The molecule has 2 aliphatic heterocycles. The van der Waals surface area contributed by atoms with Crippen LogP contribution in [0.2, 0.25) is 0 Å². The second-order valence-electron chi connectivity index (χ2n) is 7.09. The fourth-order valence-corrected chi connectivity index (χ4v) is 4.07. The number of rotatable bonds is 4. The van der Waals surface area contributed by atoms with E-state index in [9.17, 15) is 14.8 Å². The fraction of sp³-hybridized carbons (Fsp3) is 0.368. The predicted molar refractivity (Wildman–Crippen MR) is 95.8 cm³/mol. The highest BCUT2D eigenvalue weighted by molar-refractivity contribution is 5.78. The summed E-state index contributed by atoms with van der Waals surface area (Å²) in [4.78, 5) is 26.8. The van der Waals surface area contributed by atoms with E-state index in [1.807, 2.05) is 18.2 Å². The highest BCUT2D eigenvalue weighted by Crippen LogP contribution is 2.35. The van der Waals surface area contributed by atoms with Crippen LogP contribution in [0.5, 0.6) is 5.75 Å². The summed E-state index contributed by atoms with van der Waals surface area (Å²) < 4.78 is 7.14. The molecule has 0 radical (unpaired) electrons. The number of aromatic nitrogens is 1. The van der Waals surface area contributed by atoms with Gasteiger partial charge in [0.2, 0.25) is 5.69 Å². The van der Waals surface area contributed by atoms with Crippen molar-refractivity contribution < 1.29 is 20.0 Å². The van der Waals surface area contributed by atoms with Gasteiger partial charge in [0.05, 0.1) is 0 Å². The smallest absolute Gasteiger partial charge is 0.315 e. The van der Waals surface area contributed by atoms with E-state index in [1.54, 1.807) is 27.7 Å². The summed E-state index contributed by atoms with van der Waals surface area (Å²) in [6.07, 6.45) is 0.898. The summed E-state index contributed by atoms with van der Waals surface area (Å²) in [5.74, 6) is 0.750. The van der Waals surface area contributed by atoms with Crippen LogP contribution >= 0.6 is 0 Å². The molecule has 2 aliphatic rings. The molecule has 1 fully saturated rings. The van der Waals surface area contributed by atoms with Gasteiger partial charge in [-0.1, -0.05) is 18.2 Å². The van der Waals surface area contributed by atoms with Crippen molar-refractivity contribution >= 4 is 11.6 Å². The predicted octanol–water partition coefficient (Wildman–Crippen LogP) is 0.276. The second-order valence-corrected chi connectivity index (χ2v) is 7.09. The average molecular weight is 371 g/mol. The molecule has 2 bridgehead atoms. The zero-order chi connectivity index (χ0) is 19.0. The molecule has 1 unspecified atom stereocenters. The number of hydrogen-bond acceptors (Lipinski definition) is 5. The van der Waals surface area contributed by atoms with E-state index in [0.717, 1.165) is 12.1 Å². The van der Waals surface area contributed by atoms with Gasteiger partial charge in [-0.3, -0.25) is 9.59 Å². The first kappa shape index (κ1) is 17.7. The van der Waals surface area contributed by atoms with E-state index >= 15 is 0 Å². The van der Waals surface area contributed by atoms with Crippen LogP contribution in [0.15, 0.2) is 47.3 Å². The molecule has 2 aromatic rings. The van der Waals surface area contributed by atoms with Crippen molar-refractivity contribution in [1.82, 2.24) is 9.47 Å². The Morgan fingerprint density at radius 3 is 2.70 bits per heavy atom. The first-order valence-corrected chi connectivity index (χ1v) is 8.95. The number of quaternary nitrogens is 1. The molecule has 4 rings (SSSR count). The monoisotopic (exact) mass is 371 g/mol. The molecule has 1 aromatic carbocycles. The number of nitrogens with zero attached hydrogens (tertiary/aromatic N) is 2. The molecule has 8 nitrogen and oxygen atoms in total. The molecule has 1 saturated heterocycles. The van der Waals surface area contributed by atoms with Crippen LogP contribution in [0, 0.1) is 11.1 Å². The number of para-hydroxylation sites is 1. The number of carbonyl (C=O) groups excluding carboxylic acids is 1. The minimum Gasteiger partial charge on any atom is -0.595 e. The molecule has 3 heterocycles. The van der Waals surface area contributed by atoms with Crippen LogP contribution in [0.4, 0.5) is 5.69 Å². The number of piperidine rings is 1. The van der Waals surface area contributed by atoms with Crippen molar-refractivity contribution in [3.63, 3.8) is 0 Å². The van der Waals surface area contributed by atoms with E-state index < -0.39 is 10.8 Å². The standard InChI is InChI=1S/C19H21N3O5/c23-18(12-27-15-4-2-1-3-5-15)20-9-13-8-14(11-20)16-6-7-17(22(25)26)19(24)21(16)10-13/h1-7,13-14,22,25H,8-12H2/t13-,14+/m0/s1. The van der Waals surface area contributed by atoms with Crippen molar-refractivity contribution in [3.8, 4) is 5.75 Å². The lowest BCUT2D eigenvalue weighted by Crippen LogP contribution is -3.00. The largest absolute Gasteiger partial charge is 0.595 e. The Morgan fingerprint density at radius 2 is 1.96 bits per heavy atom. The normalized spacial score (nSPS) is 22.1. The molecule has 0 saturated carbocycles. The van der Waals surface area contributed by atoms with Crippen molar-refractivity contribution in [2.75, 3.05) is 19.7 Å². The summed E-state index contributed by atoms with van der Waals surface area (Å²) in [6.45, 7) is 1.49. The van der Waals surface area contributed by atoms with Gasteiger partial charge in [0.25, 0.3) is 5.91 Å². The summed E-state index contributed by atoms with van der Waals surface area (Å²) in [5, 5.41) is 19.2. The maximum absolute atomic E-state index is 12.6. The average Bonchev–Trinajstić information content (AvgIpc) is 2.67. The van der Waals surface area contributed by atoms with Gasteiger partial charge >= 0.3 is 5.56 Å². The maximum atomic E-state index is 12.6. The molecular weight excluding hydrogens is 350 g/mol. The minimum absolute atomic E-state index is 0.0196. The van der Waals surface area contributed by atoms with Crippen molar-refractivity contribution in [2.24, 2.45) is 5.92 Å². The van der Waals surface area contributed by atoms with E-state index in [1.165, 1.54) is 6.07 Å². The molecule has 3 atom stereocenters. The third kappa shape index (κ3) is 3.46. The van der Waals surface area contributed by atoms with E-state index in [0.29, 0.717) is 25.4 Å². The summed E-state index contributed by atoms with van der Waals surface area (Å²) >= 11 is 0. The third-order valence-corrected chi connectivity index (χ3v) is 5.29. The fourth-order valence-electron chi connectivity index (χ4n) is 4.07. The molecule has 1 amide bonds. The lowest BCUT2D eigenvalue weighted by Gasteiger charge is -2.42. The van der Waals surface area contributed by atoms with Crippen molar-refractivity contribution in [3.05, 3.63) is 63.7 Å². The van der Waals surface area contributed by atoms with Crippen molar-refractivity contribution in [1.29, 1.82) is 0 Å². The van der Waals surface area contributed by atoms with Gasteiger partial charge in [-0.25, -0.2) is 5.21 Å². The van der Waals surface area contributed by atoms with Gasteiger partial charge < -0.3 is 19.4 Å². The number of pyridine rings is 1. The number of amides is 1. The molecule has 0 spiro atoms. The molecule has 142 valence electrons. The molecule has 8 heteroatoms. The molecule has 2 N–H and O–H groups in total. The third-order valence-electron chi connectivity index (χ3n) is 5.29. The number of benzene rings is 1. The summed E-state index contributed by atoms with van der Waals surface area (Å²) in [6, 6.07) is 12.3. The number of carbonyl (C=O) groups is 1.